The lowest BCUT2D eigenvalue weighted by atomic mass is 10.2. The van der Waals surface area contributed by atoms with Crippen molar-refractivity contribution in [2.45, 2.75) is 0 Å². The van der Waals surface area contributed by atoms with Gasteiger partial charge in [0.1, 0.15) is 18.9 Å². The van der Waals surface area contributed by atoms with Crippen molar-refractivity contribution in [2.24, 2.45) is 0 Å². The van der Waals surface area contributed by atoms with Gasteiger partial charge >= 0.3 is 0 Å². The SMILES string of the molecule is O=C(C=Cc1c(Cl)nc2ccccn12)Nc1ccc2c(c1)OCCO2. The van der Waals surface area contributed by atoms with Gasteiger partial charge in [-0.15, -0.1) is 0 Å². The molecule has 126 valence electrons. The Morgan fingerprint density at radius 3 is 2.92 bits per heavy atom. The lowest BCUT2D eigenvalue weighted by Crippen LogP contribution is -2.16. The molecule has 0 unspecified atom stereocenters. The Morgan fingerprint density at radius 2 is 2.04 bits per heavy atom. The minimum Gasteiger partial charge on any atom is -0.486 e. The Bertz CT molecular complexity index is 981. The molecular weight excluding hydrogens is 342 g/mol. The molecule has 0 radical (unpaired) electrons. The van der Waals surface area contributed by atoms with Gasteiger partial charge in [0, 0.05) is 24.0 Å². The maximum atomic E-state index is 12.2. The maximum absolute atomic E-state index is 12.2. The zero-order valence-corrected chi connectivity index (χ0v) is 13.9. The van der Waals surface area contributed by atoms with E-state index in [2.05, 4.69) is 10.3 Å². The molecule has 1 aliphatic heterocycles. The van der Waals surface area contributed by atoms with Crippen LogP contribution >= 0.6 is 11.6 Å². The van der Waals surface area contributed by atoms with Crippen molar-refractivity contribution < 1.29 is 14.3 Å². The number of anilines is 1. The fourth-order valence-corrected chi connectivity index (χ4v) is 2.84. The summed E-state index contributed by atoms with van der Waals surface area (Å²) < 4.78 is 12.8. The normalized spacial score (nSPS) is 13.3. The fraction of sp³-hybridized carbons (Fsp3) is 0.111. The van der Waals surface area contributed by atoms with E-state index in [0.29, 0.717) is 41.2 Å². The zero-order valence-electron chi connectivity index (χ0n) is 13.1. The summed E-state index contributed by atoms with van der Waals surface area (Å²) in [5.41, 5.74) is 2.00. The Kier molecular flexibility index (Phi) is 4.03. The van der Waals surface area contributed by atoms with Crippen LogP contribution < -0.4 is 14.8 Å². The molecule has 0 bridgehead atoms. The molecule has 0 atom stereocenters. The van der Waals surface area contributed by atoms with Crippen LogP contribution in [0.1, 0.15) is 5.69 Å². The molecule has 3 aromatic rings. The highest BCUT2D eigenvalue weighted by molar-refractivity contribution is 6.31. The van der Waals surface area contributed by atoms with Crippen LogP contribution in [0.15, 0.2) is 48.7 Å². The van der Waals surface area contributed by atoms with E-state index in [4.69, 9.17) is 21.1 Å². The molecule has 0 aliphatic carbocycles. The number of nitrogens with one attached hydrogen (secondary N) is 1. The second kappa shape index (κ2) is 6.49. The van der Waals surface area contributed by atoms with Crippen LogP contribution in [0.25, 0.3) is 11.7 Å². The summed E-state index contributed by atoms with van der Waals surface area (Å²) in [7, 11) is 0. The Balaban J connectivity index is 1.52. The Hall–Kier alpha value is -2.99. The van der Waals surface area contributed by atoms with Crippen molar-refractivity contribution in [3.63, 3.8) is 0 Å². The number of halogens is 1. The highest BCUT2D eigenvalue weighted by atomic mass is 35.5. The summed E-state index contributed by atoms with van der Waals surface area (Å²) in [6, 6.07) is 10.9. The van der Waals surface area contributed by atoms with Gasteiger partial charge in [-0.1, -0.05) is 17.7 Å². The highest BCUT2D eigenvalue weighted by Crippen LogP contribution is 2.32. The lowest BCUT2D eigenvalue weighted by molar-refractivity contribution is -0.111. The van der Waals surface area contributed by atoms with Gasteiger partial charge in [-0.25, -0.2) is 4.98 Å². The third kappa shape index (κ3) is 3.16. The zero-order chi connectivity index (χ0) is 17.2. The van der Waals surface area contributed by atoms with E-state index in [0.717, 1.165) is 5.65 Å². The van der Waals surface area contributed by atoms with Gasteiger partial charge in [0.2, 0.25) is 5.91 Å². The summed E-state index contributed by atoms with van der Waals surface area (Å²) >= 11 is 6.15. The van der Waals surface area contributed by atoms with Crippen molar-refractivity contribution in [1.82, 2.24) is 9.38 Å². The summed E-state index contributed by atoms with van der Waals surface area (Å²) in [5, 5.41) is 3.13. The molecule has 0 saturated heterocycles. The average molecular weight is 356 g/mol. The van der Waals surface area contributed by atoms with Gasteiger partial charge in [-0.3, -0.25) is 9.20 Å². The van der Waals surface area contributed by atoms with E-state index >= 15 is 0 Å². The van der Waals surface area contributed by atoms with E-state index in [9.17, 15) is 4.79 Å². The highest BCUT2D eigenvalue weighted by Gasteiger charge is 2.12. The molecule has 0 spiro atoms. The number of carbonyl (C=O) groups is 1. The number of fused-ring (bicyclic) bond motifs is 2. The molecule has 1 N–H and O–H groups in total. The smallest absolute Gasteiger partial charge is 0.248 e. The van der Waals surface area contributed by atoms with Crippen molar-refractivity contribution in [2.75, 3.05) is 18.5 Å². The number of hydrogen-bond acceptors (Lipinski definition) is 4. The number of rotatable bonds is 3. The van der Waals surface area contributed by atoms with Crippen LogP contribution in [0.4, 0.5) is 5.69 Å². The number of pyridine rings is 1. The fourth-order valence-electron chi connectivity index (χ4n) is 2.59. The van der Waals surface area contributed by atoms with Crippen LogP contribution in [-0.4, -0.2) is 28.5 Å². The number of benzene rings is 1. The molecule has 1 aliphatic rings. The molecule has 1 amide bonds. The molecule has 7 heteroatoms. The molecule has 1 aromatic carbocycles. The number of amides is 1. The van der Waals surface area contributed by atoms with Crippen molar-refractivity contribution >= 4 is 34.9 Å². The predicted molar refractivity (Wildman–Crippen MR) is 95.3 cm³/mol. The molecular formula is C18H14ClN3O3. The van der Waals surface area contributed by atoms with E-state index in [1.807, 2.05) is 28.8 Å². The van der Waals surface area contributed by atoms with E-state index < -0.39 is 0 Å². The number of nitrogens with zero attached hydrogens (tertiary/aromatic N) is 2. The van der Waals surface area contributed by atoms with Gasteiger partial charge in [0.15, 0.2) is 16.7 Å². The van der Waals surface area contributed by atoms with Crippen molar-refractivity contribution in [3.8, 4) is 11.5 Å². The largest absolute Gasteiger partial charge is 0.486 e. The first kappa shape index (κ1) is 15.5. The van der Waals surface area contributed by atoms with E-state index in [-0.39, 0.29) is 5.91 Å². The van der Waals surface area contributed by atoms with Gasteiger partial charge in [-0.2, -0.15) is 0 Å². The summed E-state index contributed by atoms with van der Waals surface area (Å²) in [6.07, 6.45) is 4.89. The lowest BCUT2D eigenvalue weighted by Gasteiger charge is -2.18. The average Bonchev–Trinajstić information content (AvgIpc) is 2.95. The third-order valence-corrected chi connectivity index (χ3v) is 4.00. The topological polar surface area (TPSA) is 64.9 Å². The predicted octanol–water partition coefficient (Wildman–Crippen LogP) is 3.41. The molecule has 3 heterocycles. The van der Waals surface area contributed by atoms with Crippen LogP contribution in [0.5, 0.6) is 11.5 Å². The van der Waals surface area contributed by atoms with Crippen LogP contribution in [0, 0.1) is 0 Å². The molecule has 2 aromatic heterocycles. The van der Waals surface area contributed by atoms with Gasteiger partial charge in [0.25, 0.3) is 0 Å². The van der Waals surface area contributed by atoms with Crippen LogP contribution in [-0.2, 0) is 4.79 Å². The standard InChI is InChI=1S/C18H14ClN3O3/c19-18-13(22-8-2-1-3-16(22)21-18)5-7-17(23)20-12-4-6-14-15(11-12)25-10-9-24-14/h1-8,11H,9-10H2,(H,20,23). The summed E-state index contributed by atoms with van der Waals surface area (Å²) in [4.78, 5) is 16.4. The second-order valence-electron chi connectivity index (χ2n) is 5.40. The van der Waals surface area contributed by atoms with Gasteiger partial charge < -0.3 is 14.8 Å². The number of aromatic nitrogens is 2. The summed E-state index contributed by atoms with van der Waals surface area (Å²) in [6.45, 7) is 1.03. The minimum absolute atomic E-state index is 0.279. The molecule has 0 fully saturated rings. The molecule has 4 rings (SSSR count). The van der Waals surface area contributed by atoms with Crippen molar-refractivity contribution in [3.05, 3.63) is 59.5 Å². The van der Waals surface area contributed by atoms with Gasteiger partial charge in [0.05, 0.1) is 5.69 Å². The number of imidazole rings is 1. The third-order valence-electron chi connectivity index (χ3n) is 3.72. The molecule has 6 nitrogen and oxygen atoms in total. The number of hydrogen-bond donors (Lipinski definition) is 1. The Labute approximate surface area is 148 Å². The molecule has 25 heavy (non-hydrogen) atoms. The van der Waals surface area contributed by atoms with Crippen molar-refractivity contribution in [1.29, 1.82) is 0 Å². The quantitative estimate of drug-likeness (QED) is 0.731. The first-order valence-electron chi connectivity index (χ1n) is 7.72. The van der Waals surface area contributed by atoms with E-state index in [1.54, 1.807) is 24.3 Å². The monoisotopic (exact) mass is 355 g/mol. The first-order chi connectivity index (χ1) is 12.2. The van der Waals surface area contributed by atoms with Crippen LogP contribution in [0.2, 0.25) is 5.15 Å². The first-order valence-corrected chi connectivity index (χ1v) is 8.10. The maximum Gasteiger partial charge on any atom is 0.248 e. The Morgan fingerprint density at radius 1 is 1.20 bits per heavy atom. The van der Waals surface area contributed by atoms with Crippen LogP contribution in [0.3, 0.4) is 0 Å². The summed E-state index contributed by atoms with van der Waals surface area (Å²) in [5.74, 6) is 1.02. The number of carbonyl (C=O) groups excluding carboxylic acids is 1. The minimum atomic E-state index is -0.279. The van der Waals surface area contributed by atoms with E-state index in [1.165, 1.54) is 6.08 Å². The second-order valence-corrected chi connectivity index (χ2v) is 5.76. The van der Waals surface area contributed by atoms with Gasteiger partial charge in [-0.05, 0) is 30.3 Å². The molecule has 0 saturated carbocycles. The number of ether oxygens (including phenoxy) is 2.